The molecule has 0 atom stereocenters. The lowest BCUT2D eigenvalue weighted by Gasteiger charge is -2.35. The largest absolute Gasteiger partial charge is 0.497 e. The quantitative estimate of drug-likeness (QED) is 0.682. The van der Waals surface area contributed by atoms with Crippen molar-refractivity contribution in [1.82, 2.24) is 14.7 Å². The molecule has 1 fully saturated rings. The van der Waals surface area contributed by atoms with Gasteiger partial charge in [0.15, 0.2) is 5.69 Å². The molecule has 0 saturated carbocycles. The molecule has 29 heavy (non-hydrogen) atoms. The Balaban J connectivity index is 1.46. The molecule has 2 aromatic carbocycles. The monoisotopic (exact) mass is 394 g/mol. The van der Waals surface area contributed by atoms with Gasteiger partial charge in [0.05, 0.1) is 12.8 Å². The minimum Gasteiger partial charge on any atom is -0.497 e. The van der Waals surface area contributed by atoms with Crippen molar-refractivity contribution in [2.75, 3.05) is 38.2 Å². The van der Waals surface area contributed by atoms with Crippen LogP contribution in [0.1, 0.15) is 10.5 Å². The number of hydrogen-bond donors (Lipinski definition) is 0. The van der Waals surface area contributed by atoms with Crippen LogP contribution in [0.3, 0.4) is 0 Å². The van der Waals surface area contributed by atoms with E-state index in [4.69, 9.17) is 4.74 Å². The fourth-order valence-electron chi connectivity index (χ4n) is 3.61. The predicted octanol–water partition coefficient (Wildman–Crippen LogP) is 3.20. The van der Waals surface area contributed by atoms with E-state index >= 15 is 0 Å². The van der Waals surface area contributed by atoms with Gasteiger partial charge in [-0.05, 0) is 42.5 Å². The number of carbonyl (C=O) groups excluding carboxylic acids is 1. The number of methoxy groups -OCH3 is 1. The van der Waals surface area contributed by atoms with Crippen molar-refractivity contribution < 1.29 is 13.9 Å². The van der Waals surface area contributed by atoms with Gasteiger partial charge in [-0.3, -0.25) is 9.48 Å². The number of hydrogen-bond acceptors (Lipinski definition) is 4. The van der Waals surface area contributed by atoms with E-state index in [1.165, 1.54) is 12.1 Å². The first-order chi connectivity index (χ1) is 14.0. The molecule has 0 bridgehead atoms. The zero-order valence-electron chi connectivity index (χ0n) is 16.5. The lowest BCUT2D eigenvalue weighted by molar-refractivity contribution is 0.0740. The molecule has 0 aliphatic carbocycles. The third-order valence-electron chi connectivity index (χ3n) is 5.22. The van der Waals surface area contributed by atoms with Gasteiger partial charge in [-0.1, -0.05) is 12.1 Å². The zero-order chi connectivity index (χ0) is 20.4. The highest BCUT2D eigenvalue weighted by atomic mass is 19.1. The Hall–Kier alpha value is -3.35. The summed E-state index contributed by atoms with van der Waals surface area (Å²) < 4.78 is 20.1. The first-order valence-corrected chi connectivity index (χ1v) is 9.53. The Morgan fingerprint density at radius 3 is 2.45 bits per heavy atom. The number of nitrogens with zero attached hydrogens (tertiary/aromatic N) is 4. The Labute approximate surface area is 169 Å². The molecule has 3 aromatic rings. The van der Waals surface area contributed by atoms with E-state index in [9.17, 15) is 9.18 Å². The predicted molar refractivity (Wildman–Crippen MR) is 110 cm³/mol. The number of halogens is 1. The van der Waals surface area contributed by atoms with Crippen molar-refractivity contribution in [1.29, 1.82) is 0 Å². The Bertz CT molecular complexity index is 1010. The maximum Gasteiger partial charge on any atom is 0.274 e. The molecule has 0 radical (unpaired) electrons. The molecule has 2 heterocycles. The lowest BCUT2D eigenvalue weighted by Crippen LogP contribution is -2.48. The van der Waals surface area contributed by atoms with Gasteiger partial charge >= 0.3 is 0 Å². The summed E-state index contributed by atoms with van der Waals surface area (Å²) in [6.07, 6.45) is 0. The SMILES string of the molecule is COc1cccc(-c2cc(C(=O)N3CCN(c4ccc(F)cc4)CC3)nn2C)c1. The third kappa shape index (κ3) is 3.94. The van der Waals surface area contributed by atoms with E-state index < -0.39 is 0 Å². The highest BCUT2D eigenvalue weighted by Gasteiger charge is 2.25. The molecule has 1 saturated heterocycles. The molecule has 6 nitrogen and oxygen atoms in total. The van der Waals surface area contributed by atoms with Crippen LogP contribution >= 0.6 is 0 Å². The summed E-state index contributed by atoms with van der Waals surface area (Å²) in [5.41, 5.74) is 3.20. The maximum atomic E-state index is 13.1. The fourth-order valence-corrected chi connectivity index (χ4v) is 3.61. The van der Waals surface area contributed by atoms with E-state index in [1.807, 2.05) is 42.3 Å². The number of amides is 1. The lowest BCUT2D eigenvalue weighted by atomic mass is 10.1. The summed E-state index contributed by atoms with van der Waals surface area (Å²) in [5.74, 6) is 0.437. The molecular formula is C22H23FN4O2. The second-order valence-corrected chi connectivity index (χ2v) is 7.03. The van der Waals surface area contributed by atoms with Gasteiger partial charge in [0.25, 0.3) is 5.91 Å². The van der Waals surface area contributed by atoms with E-state index in [-0.39, 0.29) is 11.7 Å². The van der Waals surface area contributed by atoms with Crippen LogP contribution in [0.15, 0.2) is 54.6 Å². The molecule has 0 unspecified atom stereocenters. The van der Waals surface area contributed by atoms with Crippen LogP contribution in [0.25, 0.3) is 11.3 Å². The van der Waals surface area contributed by atoms with Crippen molar-refractivity contribution in [3.8, 4) is 17.0 Å². The highest BCUT2D eigenvalue weighted by molar-refractivity contribution is 5.93. The summed E-state index contributed by atoms with van der Waals surface area (Å²) in [6.45, 7) is 2.60. The van der Waals surface area contributed by atoms with Crippen LogP contribution in [0.4, 0.5) is 10.1 Å². The van der Waals surface area contributed by atoms with E-state index in [0.717, 1.165) is 22.7 Å². The van der Waals surface area contributed by atoms with Crippen molar-refractivity contribution >= 4 is 11.6 Å². The molecular weight excluding hydrogens is 371 g/mol. The van der Waals surface area contributed by atoms with E-state index in [0.29, 0.717) is 31.9 Å². The van der Waals surface area contributed by atoms with Gasteiger partial charge in [-0.25, -0.2) is 4.39 Å². The summed E-state index contributed by atoms with van der Waals surface area (Å²) in [6, 6.07) is 16.0. The first kappa shape index (κ1) is 19.0. The van der Waals surface area contributed by atoms with E-state index in [1.54, 1.807) is 23.9 Å². The van der Waals surface area contributed by atoms with Crippen LogP contribution in [0.2, 0.25) is 0 Å². The van der Waals surface area contributed by atoms with Crippen LogP contribution in [-0.4, -0.2) is 53.9 Å². The topological polar surface area (TPSA) is 50.6 Å². The van der Waals surface area contributed by atoms with Crippen molar-refractivity contribution in [3.05, 3.63) is 66.1 Å². The number of benzene rings is 2. The standard InChI is InChI=1S/C22H23FN4O2/c1-25-21(16-4-3-5-19(14-16)29-2)15-20(24-25)22(28)27-12-10-26(11-13-27)18-8-6-17(23)7-9-18/h3-9,14-15H,10-13H2,1-2H3. The Morgan fingerprint density at radius 2 is 1.76 bits per heavy atom. The number of rotatable bonds is 4. The minimum atomic E-state index is -0.246. The maximum absolute atomic E-state index is 13.1. The smallest absolute Gasteiger partial charge is 0.274 e. The van der Waals surface area contributed by atoms with Gasteiger partial charge in [0.1, 0.15) is 11.6 Å². The first-order valence-electron chi connectivity index (χ1n) is 9.53. The third-order valence-corrected chi connectivity index (χ3v) is 5.22. The molecule has 7 heteroatoms. The van der Waals surface area contributed by atoms with Gasteiger partial charge < -0.3 is 14.5 Å². The number of carbonyl (C=O) groups is 1. The van der Waals surface area contributed by atoms with Gasteiger partial charge in [0.2, 0.25) is 0 Å². The molecule has 0 N–H and O–H groups in total. The highest BCUT2D eigenvalue weighted by Crippen LogP contribution is 2.25. The average Bonchev–Trinajstić information content (AvgIpc) is 3.15. The van der Waals surface area contributed by atoms with Crippen molar-refractivity contribution in [3.63, 3.8) is 0 Å². The molecule has 0 spiro atoms. The minimum absolute atomic E-state index is 0.0755. The van der Waals surface area contributed by atoms with Crippen molar-refractivity contribution in [2.45, 2.75) is 0 Å². The summed E-state index contributed by atoms with van der Waals surface area (Å²) in [5, 5.41) is 4.43. The molecule has 1 aliphatic rings. The summed E-state index contributed by atoms with van der Waals surface area (Å²) in [7, 11) is 3.46. The summed E-state index contributed by atoms with van der Waals surface area (Å²) >= 11 is 0. The van der Waals surface area contributed by atoms with Crippen LogP contribution in [0, 0.1) is 5.82 Å². The average molecular weight is 394 g/mol. The van der Waals surface area contributed by atoms with E-state index in [2.05, 4.69) is 10.00 Å². The number of piperazine rings is 1. The Morgan fingerprint density at radius 1 is 1.03 bits per heavy atom. The number of aryl methyl sites for hydroxylation is 1. The number of ether oxygens (including phenoxy) is 1. The van der Waals surface area contributed by atoms with Crippen LogP contribution in [-0.2, 0) is 7.05 Å². The summed E-state index contributed by atoms with van der Waals surface area (Å²) in [4.78, 5) is 16.9. The molecule has 1 amide bonds. The zero-order valence-corrected chi connectivity index (χ0v) is 16.5. The van der Waals surface area contributed by atoms with Gasteiger partial charge in [-0.15, -0.1) is 0 Å². The van der Waals surface area contributed by atoms with Crippen LogP contribution < -0.4 is 9.64 Å². The van der Waals surface area contributed by atoms with Crippen LogP contribution in [0.5, 0.6) is 5.75 Å². The fraction of sp³-hybridized carbons (Fsp3) is 0.273. The second kappa shape index (κ2) is 7.95. The van der Waals surface area contributed by atoms with Crippen molar-refractivity contribution in [2.24, 2.45) is 7.05 Å². The number of aromatic nitrogens is 2. The molecule has 1 aliphatic heterocycles. The Kier molecular flexibility index (Phi) is 5.20. The molecule has 150 valence electrons. The molecule has 1 aromatic heterocycles. The second-order valence-electron chi connectivity index (χ2n) is 7.03. The van der Waals surface area contributed by atoms with Gasteiger partial charge in [-0.2, -0.15) is 5.10 Å². The van der Waals surface area contributed by atoms with Gasteiger partial charge in [0, 0.05) is 44.5 Å². The normalized spacial score (nSPS) is 14.2. The molecule has 4 rings (SSSR count). The number of anilines is 1.